The van der Waals surface area contributed by atoms with Crippen molar-refractivity contribution in [2.75, 3.05) is 25.6 Å². The quantitative estimate of drug-likeness (QED) is 0.732. The van der Waals surface area contributed by atoms with E-state index in [1.165, 1.54) is 25.4 Å². The molecule has 0 aliphatic rings. The van der Waals surface area contributed by atoms with Crippen molar-refractivity contribution >= 4 is 5.82 Å². The minimum Gasteiger partial charge on any atom is -0.389 e. The number of aromatic nitrogens is 1. The van der Waals surface area contributed by atoms with E-state index in [9.17, 15) is 9.50 Å². The van der Waals surface area contributed by atoms with Gasteiger partial charge in [0.1, 0.15) is 0 Å². The first-order valence-electron chi connectivity index (χ1n) is 4.25. The summed E-state index contributed by atoms with van der Waals surface area (Å²) in [7, 11) is 1.49. The third-order valence-corrected chi connectivity index (χ3v) is 1.62. The average Bonchev–Trinajstić information content (AvgIpc) is 2.17. The van der Waals surface area contributed by atoms with Crippen LogP contribution in [0.2, 0.25) is 0 Å². The summed E-state index contributed by atoms with van der Waals surface area (Å²) >= 11 is 0. The fourth-order valence-electron chi connectivity index (χ4n) is 0.982. The number of nitrogens with zero attached hydrogens (tertiary/aromatic N) is 1. The maximum atomic E-state index is 13.0. The second-order valence-electron chi connectivity index (χ2n) is 2.82. The lowest BCUT2D eigenvalue weighted by Crippen LogP contribution is -2.24. The average molecular weight is 200 g/mol. The number of nitrogens with one attached hydrogen (secondary N) is 1. The molecule has 0 spiro atoms. The highest BCUT2D eigenvalue weighted by atomic mass is 19.1. The van der Waals surface area contributed by atoms with E-state index in [-0.39, 0.29) is 19.0 Å². The molecule has 1 unspecified atom stereocenters. The molecular weight excluding hydrogens is 187 g/mol. The van der Waals surface area contributed by atoms with Crippen LogP contribution in [0.1, 0.15) is 0 Å². The SMILES string of the molecule is COCC(O)CNc1ncccc1F. The lowest BCUT2D eigenvalue weighted by atomic mass is 10.3. The van der Waals surface area contributed by atoms with E-state index in [0.29, 0.717) is 0 Å². The third kappa shape index (κ3) is 3.27. The van der Waals surface area contributed by atoms with Crippen molar-refractivity contribution in [2.45, 2.75) is 6.10 Å². The molecule has 4 nitrogen and oxygen atoms in total. The molecule has 14 heavy (non-hydrogen) atoms. The van der Waals surface area contributed by atoms with Gasteiger partial charge in [-0.3, -0.25) is 0 Å². The number of anilines is 1. The Balaban J connectivity index is 2.41. The Bertz CT molecular complexity index is 283. The lowest BCUT2D eigenvalue weighted by Gasteiger charge is -2.11. The van der Waals surface area contributed by atoms with Crippen molar-refractivity contribution < 1.29 is 14.2 Å². The van der Waals surface area contributed by atoms with Crippen LogP contribution in [0.3, 0.4) is 0 Å². The molecule has 0 fully saturated rings. The highest BCUT2D eigenvalue weighted by molar-refractivity contribution is 5.35. The molecule has 78 valence electrons. The molecule has 0 saturated carbocycles. The van der Waals surface area contributed by atoms with E-state index < -0.39 is 11.9 Å². The summed E-state index contributed by atoms with van der Waals surface area (Å²) in [6.07, 6.45) is 0.815. The Hall–Kier alpha value is -1.20. The van der Waals surface area contributed by atoms with Gasteiger partial charge < -0.3 is 15.2 Å². The summed E-state index contributed by atoms with van der Waals surface area (Å²) < 4.78 is 17.7. The molecule has 0 aliphatic heterocycles. The molecule has 5 heteroatoms. The molecule has 0 aliphatic carbocycles. The van der Waals surface area contributed by atoms with Crippen molar-refractivity contribution in [3.63, 3.8) is 0 Å². The van der Waals surface area contributed by atoms with Crippen molar-refractivity contribution in [3.05, 3.63) is 24.1 Å². The van der Waals surface area contributed by atoms with Crippen molar-refractivity contribution in [1.82, 2.24) is 4.98 Å². The zero-order valence-corrected chi connectivity index (χ0v) is 7.90. The van der Waals surface area contributed by atoms with Gasteiger partial charge in [0.2, 0.25) is 0 Å². The predicted molar refractivity (Wildman–Crippen MR) is 50.6 cm³/mol. The second-order valence-corrected chi connectivity index (χ2v) is 2.82. The molecule has 1 heterocycles. The molecule has 0 aromatic carbocycles. The van der Waals surface area contributed by atoms with Gasteiger partial charge in [-0.25, -0.2) is 9.37 Å². The maximum Gasteiger partial charge on any atom is 0.165 e. The molecule has 1 aromatic heterocycles. The van der Waals surface area contributed by atoms with Crippen LogP contribution in [-0.2, 0) is 4.74 Å². The molecule has 2 N–H and O–H groups in total. The van der Waals surface area contributed by atoms with Crippen LogP contribution in [0.15, 0.2) is 18.3 Å². The van der Waals surface area contributed by atoms with E-state index in [1.54, 1.807) is 0 Å². The molecule has 1 rings (SSSR count). The first-order chi connectivity index (χ1) is 6.74. The van der Waals surface area contributed by atoms with Crippen LogP contribution in [0.4, 0.5) is 10.2 Å². The van der Waals surface area contributed by atoms with Crippen LogP contribution in [0.25, 0.3) is 0 Å². The Labute approximate surface area is 81.7 Å². The van der Waals surface area contributed by atoms with Gasteiger partial charge in [0.15, 0.2) is 11.6 Å². The smallest absolute Gasteiger partial charge is 0.165 e. The monoisotopic (exact) mass is 200 g/mol. The molecule has 0 amide bonds. The summed E-state index contributed by atoms with van der Waals surface area (Å²) in [5.74, 6) is -0.292. The molecule has 1 atom stereocenters. The minimum absolute atomic E-state index is 0.141. The fourth-order valence-corrected chi connectivity index (χ4v) is 0.982. The topological polar surface area (TPSA) is 54.4 Å². The van der Waals surface area contributed by atoms with Gasteiger partial charge >= 0.3 is 0 Å². The van der Waals surface area contributed by atoms with Crippen molar-refractivity contribution in [1.29, 1.82) is 0 Å². The van der Waals surface area contributed by atoms with Crippen LogP contribution in [0, 0.1) is 5.82 Å². The summed E-state index contributed by atoms with van der Waals surface area (Å²) in [5, 5.41) is 11.9. The number of aliphatic hydroxyl groups is 1. The van der Waals surface area contributed by atoms with Crippen molar-refractivity contribution in [2.24, 2.45) is 0 Å². The Morgan fingerprint density at radius 3 is 3.14 bits per heavy atom. The Morgan fingerprint density at radius 1 is 1.71 bits per heavy atom. The highest BCUT2D eigenvalue weighted by Gasteiger charge is 2.05. The van der Waals surface area contributed by atoms with E-state index in [0.717, 1.165) is 0 Å². The predicted octanol–water partition coefficient (Wildman–Crippen LogP) is 0.640. The largest absolute Gasteiger partial charge is 0.389 e. The third-order valence-electron chi connectivity index (χ3n) is 1.62. The zero-order valence-electron chi connectivity index (χ0n) is 7.90. The summed E-state index contributed by atoms with van der Waals surface area (Å²) in [4.78, 5) is 3.77. The van der Waals surface area contributed by atoms with E-state index in [1.807, 2.05) is 0 Å². The van der Waals surface area contributed by atoms with Crippen LogP contribution in [0.5, 0.6) is 0 Å². The normalized spacial score (nSPS) is 12.5. The van der Waals surface area contributed by atoms with Gasteiger partial charge in [-0.1, -0.05) is 0 Å². The lowest BCUT2D eigenvalue weighted by molar-refractivity contribution is 0.0727. The number of rotatable bonds is 5. The number of aliphatic hydroxyl groups excluding tert-OH is 1. The fraction of sp³-hybridized carbons (Fsp3) is 0.444. The van der Waals surface area contributed by atoms with Gasteiger partial charge in [-0.2, -0.15) is 0 Å². The number of methoxy groups -OCH3 is 1. The number of pyridine rings is 1. The molecule has 0 radical (unpaired) electrons. The first-order valence-corrected chi connectivity index (χ1v) is 4.25. The van der Waals surface area contributed by atoms with Gasteiger partial charge in [0.05, 0.1) is 12.7 Å². The van der Waals surface area contributed by atoms with Crippen LogP contribution >= 0.6 is 0 Å². The standard InChI is InChI=1S/C9H13FN2O2/c1-14-6-7(13)5-12-9-8(10)3-2-4-11-9/h2-4,7,13H,5-6H2,1H3,(H,11,12). The molecule has 0 saturated heterocycles. The van der Waals surface area contributed by atoms with Gasteiger partial charge in [0, 0.05) is 19.9 Å². The summed E-state index contributed by atoms with van der Waals surface area (Å²) in [5.41, 5.74) is 0. The zero-order chi connectivity index (χ0) is 10.4. The van der Waals surface area contributed by atoms with Gasteiger partial charge in [-0.15, -0.1) is 0 Å². The van der Waals surface area contributed by atoms with Crippen molar-refractivity contribution in [3.8, 4) is 0 Å². The molecular formula is C9H13FN2O2. The van der Waals surface area contributed by atoms with E-state index in [2.05, 4.69) is 10.3 Å². The Kier molecular flexibility index (Phi) is 4.28. The van der Waals surface area contributed by atoms with E-state index >= 15 is 0 Å². The number of hydrogen-bond donors (Lipinski definition) is 2. The minimum atomic E-state index is -0.665. The van der Waals surface area contributed by atoms with E-state index in [4.69, 9.17) is 4.74 Å². The van der Waals surface area contributed by atoms with Crippen LogP contribution < -0.4 is 5.32 Å². The number of ether oxygens (including phenoxy) is 1. The number of halogens is 1. The first kappa shape index (κ1) is 10.9. The highest BCUT2D eigenvalue weighted by Crippen LogP contribution is 2.07. The molecule has 0 bridgehead atoms. The summed E-state index contributed by atoms with van der Waals surface area (Å²) in [6.45, 7) is 0.420. The maximum absolute atomic E-state index is 13.0. The second kappa shape index (κ2) is 5.51. The van der Waals surface area contributed by atoms with Crippen LogP contribution in [-0.4, -0.2) is 36.5 Å². The number of hydrogen-bond acceptors (Lipinski definition) is 4. The van der Waals surface area contributed by atoms with Gasteiger partial charge in [0.25, 0.3) is 0 Å². The Morgan fingerprint density at radius 2 is 2.50 bits per heavy atom. The van der Waals surface area contributed by atoms with Gasteiger partial charge in [-0.05, 0) is 12.1 Å². The summed E-state index contributed by atoms with van der Waals surface area (Å²) in [6, 6.07) is 2.81. The molecule has 1 aromatic rings.